The van der Waals surface area contributed by atoms with Gasteiger partial charge < -0.3 is 20.1 Å². The highest BCUT2D eigenvalue weighted by atomic mass is 16.2. The van der Waals surface area contributed by atoms with Crippen LogP contribution in [0.15, 0.2) is 24.3 Å². The Morgan fingerprint density at radius 2 is 1.70 bits per heavy atom. The number of fused-ring (bicyclic) bond motifs is 2. The molecule has 0 bridgehead atoms. The van der Waals surface area contributed by atoms with Crippen LogP contribution < -0.4 is 5.73 Å². The fourth-order valence-corrected chi connectivity index (χ4v) is 4.05. The maximum atomic E-state index is 13.4. The monoisotopic (exact) mass is 453 g/mol. The predicted molar refractivity (Wildman–Crippen MR) is 113 cm³/mol. The van der Waals surface area contributed by atoms with E-state index < -0.39 is 29.7 Å². The quantitative estimate of drug-likeness (QED) is 0.542. The number of likely N-dealkylation sites (N-methyl/N-ethyl adjacent to an activating group) is 2. The molecule has 0 saturated carbocycles. The summed E-state index contributed by atoms with van der Waals surface area (Å²) >= 11 is 0. The third-order valence-electron chi connectivity index (χ3n) is 5.87. The minimum Gasteiger partial charge on any atom is -0.370 e. The summed E-state index contributed by atoms with van der Waals surface area (Å²) in [7, 11) is 3.16. The summed E-state index contributed by atoms with van der Waals surface area (Å²) in [5, 5.41) is 7.99. The van der Waals surface area contributed by atoms with Gasteiger partial charge in [-0.1, -0.05) is 12.1 Å². The number of aromatic nitrogens is 3. The number of amides is 5. The number of hydrogen-bond donors (Lipinski definition) is 1. The van der Waals surface area contributed by atoms with Crippen LogP contribution in [0.3, 0.4) is 0 Å². The number of nitrogens with zero attached hydrogens (tertiary/aromatic N) is 6. The molecule has 1 aromatic heterocycles. The van der Waals surface area contributed by atoms with Crippen LogP contribution in [0.2, 0.25) is 0 Å². The third-order valence-corrected chi connectivity index (χ3v) is 5.87. The van der Waals surface area contributed by atoms with Crippen LogP contribution in [0, 0.1) is 0 Å². The number of carbonyl (C=O) groups excluding carboxylic acids is 5. The van der Waals surface area contributed by atoms with Crippen molar-refractivity contribution in [3.8, 4) is 0 Å². The summed E-state index contributed by atoms with van der Waals surface area (Å²) in [6.07, 6.45) is -0.288. The lowest BCUT2D eigenvalue weighted by molar-refractivity contribution is -0.135. The molecule has 5 amide bonds. The molecule has 2 aliphatic rings. The smallest absolute Gasteiger partial charge is 0.291 e. The van der Waals surface area contributed by atoms with Crippen molar-refractivity contribution < 1.29 is 24.0 Å². The molecular weight excluding hydrogens is 430 g/mol. The number of hydrogen-bond acceptors (Lipinski definition) is 7. The number of nitrogens with two attached hydrogens (primary N) is 1. The molecule has 0 spiro atoms. The highest BCUT2D eigenvalue weighted by Gasteiger charge is 2.43. The first kappa shape index (κ1) is 22.1. The summed E-state index contributed by atoms with van der Waals surface area (Å²) in [6.45, 7) is 0.954. The van der Waals surface area contributed by atoms with E-state index in [1.54, 1.807) is 23.7 Å². The van der Waals surface area contributed by atoms with Crippen LogP contribution >= 0.6 is 0 Å². The van der Waals surface area contributed by atoms with Crippen molar-refractivity contribution in [1.29, 1.82) is 0 Å². The molecule has 12 heteroatoms. The van der Waals surface area contributed by atoms with Crippen molar-refractivity contribution in [3.63, 3.8) is 0 Å². The lowest BCUT2D eigenvalue weighted by atomic mass is 10.1. The normalized spacial score (nSPS) is 16.0. The Labute approximate surface area is 188 Å². The average molecular weight is 453 g/mol. The van der Waals surface area contributed by atoms with Gasteiger partial charge in [0.05, 0.1) is 17.7 Å². The second kappa shape index (κ2) is 8.45. The summed E-state index contributed by atoms with van der Waals surface area (Å²) < 4.78 is 1.65. The summed E-state index contributed by atoms with van der Waals surface area (Å²) in [5.74, 6) is -2.08. The third kappa shape index (κ3) is 3.83. The van der Waals surface area contributed by atoms with Gasteiger partial charge in [-0.05, 0) is 18.6 Å². The Hall–Kier alpha value is -4.09. The van der Waals surface area contributed by atoms with Crippen molar-refractivity contribution in [2.45, 2.75) is 32.0 Å². The van der Waals surface area contributed by atoms with Gasteiger partial charge in [0.15, 0.2) is 5.82 Å². The highest BCUT2D eigenvalue weighted by Crippen LogP contribution is 2.27. The Balaban J connectivity index is 1.58. The Morgan fingerprint density at radius 1 is 1.06 bits per heavy atom. The second-order valence-electron chi connectivity index (χ2n) is 8.06. The van der Waals surface area contributed by atoms with Crippen LogP contribution in [0.1, 0.15) is 50.0 Å². The van der Waals surface area contributed by atoms with Gasteiger partial charge in [-0.15, -0.1) is 10.2 Å². The molecule has 1 atom stereocenters. The van der Waals surface area contributed by atoms with Crippen LogP contribution in [-0.4, -0.2) is 85.7 Å². The standard InChI is InChI=1S/C21H23N7O5/c1-25-9-10-27-16(23-24-17(27)21(25)33)11-26(2)20(32)14(7-8-15(22)29)28-18(30)12-5-3-4-6-13(12)19(28)31/h3-6,14H,7-11H2,1-2H3,(H2,22,29). The lowest BCUT2D eigenvalue weighted by Gasteiger charge is -2.29. The number of rotatable bonds is 7. The van der Waals surface area contributed by atoms with Crippen molar-refractivity contribution in [3.05, 3.63) is 47.0 Å². The van der Waals surface area contributed by atoms with E-state index in [0.717, 1.165) is 4.90 Å². The van der Waals surface area contributed by atoms with E-state index in [1.165, 1.54) is 29.0 Å². The molecule has 0 aliphatic carbocycles. The van der Waals surface area contributed by atoms with Gasteiger partial charge in [0.25, 0.3) is 17.7 Å². The van der Waals surface area contributed by atoms with Crippen molar-refractivity contribution in [2.24, 2.45) is 5.73 Å². The number of primary amides is 1. The zero-order chi connectivity index (χ0) is 23.9. The topological polar surface area (TPSA) is 152 Å². The highest BCUT2D eigenvalue weighted by molar-refractivity contribution is 6.22. The Morgan fingerprint density at radius 3 is 2.30 bits per heavy atom. The SMILES string of the molecule is CN1CCn2c(CN(C)C(=O)C(CCC(N)=O)N3C(=O)c4ccccc4C3=O)nnc2C1=O. The van der Waals surface area contributed by atoms with E-state index in [4.69, 9.17) is 5.73 Å². The summed E-state index contributed by atoms with van der Waals surface area (Å²) in [5.41, 5.74) is 5.68. The largest absolute Gasteiger partial charge is 0.370 e. The Bertz CT molecular complexity index is 1140. The van der Waals surface area contributed by atoms with E-state index in [1.807, 2.05) is 0 Å². The second-order valence-corrected chi connectivity index (χ2v) is 8.06. The van der Waals surface area contributed by atoms with Crippen molar-refractivity contribution in [2.75, 3.05) is 20.6 Å². The van der Waals surface area contributed by atoms with Crippen LogP contribution in [0.25, 0.3) is 0 Å². The first-order chi connectivity index (χ1) is 15.7. The lowest BCUT2D eigenvalue weighted by Crippen LogP contribution is -2.50. The number of carbonyl (C=O) groups is 5. The molecular formula is C21H23N7O5. The van der Waals surface area contributed by atoms with E-state index in [9.17, 15) is 24.0 Å². The van der Waals surface area contributed by atoms with E-state index >= 15 is 0 Å². The van der Waals surface area contributed by atoms with Gasteiger partial charge in [-0.3, -0.25) is 28.9 Å². The maximum absolute atomic E-state index is 13.4. The van der Waals surface area contributed by atoms with Crippen LogP contribution in [0.5, 0.6) is 0 Å². The molecule has 4 rings (SSSR count). The van der Waals surface area contributed by atoms with Crippen molar-refractivity contribution in [1.82, 2.24) is 29.5 Å². The minimum absolute atomic E-state index is 0.000924. The molecule has 2 N–H and O–H groups in total. The molecule has 2 aromatic rings. The fraction of sp³-hybridized carbons (Fsp3) is 0.381. The van der Waals surface area contributed by atoms with Gasteiger partial charge in [0, 0.05) is 33.6 Å². The minimum atomic E-state index is -1.22. The van der Waals surface area contributed by atoms with Gasteiger partial charge in [-0.2, -0.15) is 0 Å². The summed E-state index contributed by atoms with van der Waals surface area (Å²) in [4.78, 5) is 66.7. The molecule has 172 valence electrons. The van der Waals surface area contributed by atoms with E-state index in [2.05, 4.69) is 10.2 Å². The first-order valence-corrected chi connectivity index (χ1v) is 10.4. The van der Waals surface area contributed by atoms with Gasteiger partial charge in [0.2, 0.25) is 17.6 Å². The first-order valence-electron chi connectivity index (χ1n) is 10.4. The molecule has 33 heavy (non-hydrogen) atoms. The molecule has 12 nitrogen and oxygen atoms in total. The molecule has 0 saturated heterocycles. The van der Waals surface area contributed by atoms with Crippen LogP contribution in [-0.2, 0) is 22.7 Å². The van der Waals surface area contributed by atoms with E-state index in [0.29, 0.717) is 18.9 Å². The predicted octanol–water partition coefficient (Wildman–Crippen LogP) is -0.748. The molecule has 2 aliphatic heterocycles. The number of benzene rings is 1. The zero-order valence-electron chi connectivity index (χ0n) is 18.2. The van der Waals surface area contributed by atoms with Crippen LogP contribution in [0.4, 0.5) is 0 Å². The van der Waals surface area contributed by atoms with Crippen molar-refractivity contribution >= 4 is 29.5 Å². The summed E-state index contributed by atoms with van der Waals surface area (Å²) in [6, 6.07) is 5.09. The number of imide groups is 1. The fourth-order valence-electron chi connectivity index (χ4n) is 4.05. The molecule has 0 fully saturated rings. The molecule has 0 radical (unpaired) electrons. The maximum Gasteiger partial charge on any atom is 0.291 e. The van der Waals surface area contributed by atoms with Gasteiger partial charge in [-0.25, -0.2) is 0 Å². The Kier molecular flexibility index (Phi) is 5.66. The molecule has 3 heterocycles. The van der Waals surface area contributed by atoms with Gasteiger partial charge >= 0.3 is 0 Å². The molecule has 1 aromatic carbocycles. The zero-order valence-corrected chi connectivity index (χ0v) is 18.2. The van der Waals surface area contributed by atoms with E-state index in [-0.39, 0.29) is 42.2 Å². The molecule has 1 unspecified atom stereocenters. The average Bonchev–Trinajstić information content (AvgIpc) is 3.31. The van der Waals surface area contributed by atoms with Gasteiger partial charge in [0.1, 0.15) is 6.04 Å².